The molecule has 1 aliphatic carbocycles. The van der Waals surface area contributed by atoms with Crippen LogP contribution >= 0.6 is 11.6 Å². The number of amides is 1. The zero-order chi connectivity index (χ0) is 13.8. The normalized spacial score (nSPS) is 16.3. The molecule has 0 heterocycles. The molecule has 1 aliphatic rings. The molecule has 104 valence electrons. The molecule has 0 aromatic heterocycles. The zero-order valence-corrected chi connectivity index (χ0v) is 12.1. The Morgan fingerprint density at radius 3 is 2.63 bits per heavy atom. The summed E-state index contributed by atoms with van der Waals surface area (Å²) in [6.07, 6.45) is 5.92. The van der Waals surface area contributed by atoms with Gasteiger partial charge in [-0.15, -0.1) is 0 Å². The summed E-state index contributed by atoms with van der Waals surface area (Å²) in [5.41, 5.74) is 6.94. The highest BCUT2D eigenvalue weighted by atomic mass is 35.5. The third kappa shape index (κ3) is 3.21. The van der Waals surface area contributed by atoms with Gasteiger partial charge in [-0.3, -0.25) is 4.79 Å². The second-order valence-electron chi connectivity index (χ2n) is 5.11. The van der Waals surface area contributed by atoms with Crippen LogP contribution in [0.25, 0.3) is 0 Å². The van der Waals surface area contributed by atoms with Gasteiger partial charge in [-0.1, -0.05) is 30.9 Å². The van der Waals surface area contributed by atoms with Gasteiger partial charge in [-0.05, 0) is 38.0 Å². The summed E-state index contributed by atoms with van der Waals surface area (Å²) >= 11 is 5.88. The summed E-state index contributed by atoms with van der Waals surface area (Å²) in [6.45, 7) is 2.75. The molecule has 1 aromatic carbocycles. The van der Waals surface area contributed by atoms with E-state index >= 15 is 0 Å². The Hall–Kier alpha value is -1.22. The van der Waals surface area contributed by atoms with Crippen LogP contribution in [-0.4, -0.2) is 23.4 Å². The van der Waals surface area contributed by atoms with E-state index in [1.165, 1.54) is 19.3 Å². The van der Waals surface area contributed by atoms with Crippen LogP contribution < -0.4 is 5.73 Å². The van der Waals surface area contributed by atoms with Crippen molar-refractivity contribution in [2.45, 2.75) is 45.1 Å². The summed E-state index contributed by atoms with van der Waals surface area (Å²) in [7, 11) is 0. The van der Waals surface area contributed by atoms with Crippen LogP contribution in [-0.2, 0) is 0 Å². The van der Waals surface area contributed by atoms with Crippen molar-refractivity contribution < 1.29 is 4.79 Å². The molecule has 0 atom stereocenters. The molecule has 3 nitrogen and oxygen atoms in total. The van der Waals surface area contributed by atoms with E-state index in [1.54, 1.807) is 18.2 Å². The first-order valence-corrected chi connectivity index (χ1v) is 7.37. The maximum atomic E-state index is 12.6. The van der Waals surface area contributed by atoms with Gasteiger partial charge in [0.05, 0.1) is 5.56 Å². The van der Waals surface area contributed by atoms with Crippen LogP contribution in [0.1, 0.15) is 49.4 Å². The third-order valence-electron chi connectivity index (χ3n) is 3.86. The molecule has 1 aromatic rings. The Bertz CT molecular complexity index is 455. The number of hydrogen-bond acceptors (Lipinski definition) is 2. The Morgan fingerprint density at radius 2 is 2.05 bits per heavy atom. The van der Waals surface area contributed by atoms with Gasteiger partial charge in [0.25, 0.3) is 5.91 Å². The van der Waals surface area contributed by atoms with Gasteiger partial charge in [-0.2, -0.15) is 0 Å². The van der Waals surface area contributed by atoms with E-state index in [4.69, 9.17) is 17.3 Å². The molecular weight excluding hydrogens is 260 g/mol. The fourth-order valence-electron chi connectivity index (χ4n) is 2.84. The number of halogens is 1. The zero-order valence-electron chi connectivity index (χ0n) is 11.4. The average Bonchev–Trinajstić information content (AvgIpc) is 2.40. The van der Waals surface area contributed by atoms with Crippen molar-refractivity contribution in [2.75, 3.05) is 12.3 Å². The van der Waals surface area contributed by atoms with Crippen LogP contribution in [0.4, 0.5) is 5.69 Å². The number of nitrogens with two attached hydrogens (primary N) is 1. The quantitative estimate of drug-likeness (QED) is 0.858. The smallest absolute Gasteiger partial charge is 0.256 e. The fourth-order valence-corrected chi connectivity index (χ4v) is 3.02. The first-order valence-electron chi connectivity index (χ1n) is 6.99. The lowest BCUT2D eigenvalue weighted by molar-refractivity contribution is 0.0649. The lowest BCUT2D eigenvalue weighted by Gasteiger charge is -2.34. The molecule has 1 fully saturated rings. The standard InChI is InChI=1S/C15H21ClN2O/c1-2-18(12-6-4-3-5-7-12)15(19)13-9-8-11(16)10-14(13)17/h8-10,12H,2-7,17H2,1H3. The minimum Gasteiger partial charge on any atom is -0.398 e. The number of benzene rings is 1. The second kappa shape index (κ2) is 6.29. The number of nitrogens with zero attached hydrogens (tertiary/aromatic N) is 1. The molecule has 1 saturated carbocycles. The molecule has 2 N–H and O–H groups in total. The van der Waals surface area contributed by atoms with Crippen LogP contribution in [0.5, 0.6) is 0 Å². The van der Waals surface area contributed by atoms with Crippen molar-refractivity contribution in [3.63, 3.8) is 0 Å². The summed E-state index contributed by atoms with van der Waals surface area (Å²) < 4.78 is 0. The fraction of sp³-hybridized carbons (Fsp3) is 0.533. The van der Waals surface area contributed by atoms with Gasteiger partial charge >= 0.3 is 0 Å². The van der Waals surface area contributed by atoms with Gasteiger partial charge in [0, 0.05) is 23.3 Å². The third-order valence-corrected chi connectivity index (χ3v) is 4.10. The molecule has 19 heavy (non-hydrogen) atoms. The predicted molar refractivity (Wildman–Crippen MR) is 79.4 cm³/mol. The summed E-state index contributed by atoms with van der Waals surface area (Å²) in [4.78, 5) is 14.6. The Labute approximate surface area is 119 Å². The molecule has 1 amide bonds. The van der Waals surface area contributed by atoms with Gasteiger partial charge in [0.1, 0.15) is 0 Å². The van der Waals surface area contributed by atoms with E-state index in [0.29, 0.717) is 22.3 Å². The Kier molecular flexibility index (Phi) is 4.70. The van der Waals surface area contributed by atoms with Crippen molar-refractivity contribution >= 4 is 23.2 Å². The van der Waals surface area contributed by atoms with Crippen LogP contribution in [0.15, 0.2) is 18.2 Å². The topological polar surface area (TPSA) is 46.3 Å². The lowest BCUT2D eigenvalue weighted by Crippen LogP contribution is -2.41. The second-order valence-corrected chi connectivity index (χ2v) is 5.55. The van der Waals surface area contributed by atoms with Gasteiger partial charge < -0.3 is 10.6 Å². The van der Waals surface area contributed by atoms with Crippen LogP contribution in [0, 0.1) is 0 Å². The van der Waals surface area contributed by atoms with Crippen molar-refractivity contribution in [3.05, 3.63) is 28.8 Å². The number of rotatable bonds is 3. The molecule has 0 spiro atoms. The molecule has 4 heteroatoms. The molecule has 0 bridgehead atoms. The number of hydrogen-bond donors (Lipinski definition) is 1. The van der Waals surface area contributed by atoms with Gasteiger partial charge in [-0.25, -0.2) is 0 Å². The first kappa shape index (κ1) is 14.2. The van der Waals surface area contributed by atoms with Gasteiger partial charge in [0.2, 0.25) is 0 Å². The monoisotopic (exact) mass is 280 g/mol. The lowest BCUT2D eigenvalue weighted by atomic mass is 9.93. The molecule has 0 radical (unpaired) electrons. The van der Waals surface area contributed by atoms with Crippen LogP contribution in [0.2, 0.25) is 5.02 Å². The SMILES string of the molecule is CCN(C(=O)c1ccc(Cl)cc1N)C1CCCCC1. The number of carbonyl (C=O) groups is 1. The maximum Gasteiger partial charge on any atom is 0.256 e. The van der Waals surface area contributed by atoms with Crippen molar-refractivity contribution in [1.82, 2.24) is 4.90 Å². The first-order chi connectivity index (χ1) is 9.13. The predicted octanol–water partition coefficient (Wildman–Crippen LogP) is 3.72. The van der Waals surface area contributed by atoms with E-state index in [0.717, 1.165) is 19.4 Å². The van der Waals surface area contributed by atoms with Crippen LogP contribution in [0.3, 0.4) is 0 Å². The number of nitrogen functional groups attached to an aromatic ring is 1. The Morgan fingerprint density at radius 1 is 1.37 bits per heavy atom. The summed E-state index contributed by atoms with van der Waals surface area (Å²) in [5.74, 6) is 0.0311. The van der Waals surface area contributed by atoms with Crippen molar-refractivity contribution in [1.29, 1.82) is 0 Å². The summed E-state index contributed by atoms with van der Waals surface area (Å²) in [6, 6.07) is 5.45. The van der Waals surface area contributed by atoms with E-state index in [2.05, 4.69) is 0 Å². The number of carbonyl (C=O) groups excluding carboxylic acids is 1. The molecule has 0 aliphatic heterocycles. The minimum atomic E-state index is 0.0311. The molecule has 0 saturated heterocycles. The highest BCUT2D eigenvalue weighted by molar-refractivity contribution is 6.31. The van der Waals surface area contributed by atoms with Gasteiger partial charge in [0.15, 0.2) is 0 Å². The molecule has 0 unspecified atom stereocenters. The molecule has 2 rings (SSSR count). The minimum absolute atomic E-state index is 0.0311. The highest BCUT2D eigenvalue weighted by Gasteiger charge is 2.25. The van der Waals surface area contributed by atoms with Crippen molar-refractivity contribution in [3.8, 4) is 0 Å². The van der Waals surface area contributed by atoms with Crippen molar-refractivity contribution in [2.24, 2.45) is 0 Å². The Balaban J connectivity index is 2.19. The largest absolute Gasteiger partial charge is 0.398 e. The van der Waals surface area contributed by atoms with E-state index in [-0.39, 0.29) is 5.91 Å². The number of anilines is 1. The highest BCUT2D eigenvalue weighted by Crippen LogP contribution is 2.26. The summed E-state index contributed by atoms with van der Waals surface area (Å²) in [5, 5.41) is 0.565. The van der Waals surface area contributed by atoms with E-state index in [1.807, 2.05) is 11.8 Å². The van der Waals surface area contributed by atoms with E-state index in [9.17, 15) is 4.79 Å². The molecular formula is C15H21ClN2O. The maximum absolute atomic E-state index is 12.6. The average molecular weight is 281 g/mol. The van der Waals surface area contributed by atoms with E-state index < -0.39 is 0 Å².